The number of aryl methyl sites for hydroxylation is 2. The van der Waals surface area contributed by atoms with E-state index in [2.05, 4.69) is 177 Å². The van der Waals surface area contributed by atoms with Crippen molar-refractivity contribution >= 4 is 21.8 Å². The highest BCUT2D eigenvalue weighted by atomic mass is 16.5. The molecule has 0 bridgehead atoms. The SMILES string of the molecule is Cc1ccc(-n2c3cc(C(C)(C)C)ccc3c3ccc(Oc4cccc(-n5[c-][n+](-c6cc(C(C)(C)C)cc(C(C)(C)C)c6)cc5)c4)c(C)c32)nc1. The molecule has 0 saturated heterocycles. The Bertz CT molecular complexity index is 2370. The molecule has 0 radical (unpaired) electrons. The number of hydrogen-bond acceptors (Lipinski definition) is 2. The number of fused-ring (bicyclic) bond motifs is 3. The zero-order valence-corrected chi connectivity index (χ0v) is 32.0. The number of hydrogen-bond donors (Lipinski definition) is 0. The van der Waals surface area contributed by atoms with E-state index in [4.69, 9.17) is 9.72 Å². The van der Waals surface area contributed by atoms with Gasteiger partial charge in [0.15, 0.2) is 0 Å². The van der Waals surface area contributed by atoms with E-state index in [9.17, 15) is 0 Å². The van der Waals surface area contributed by atoms with Crippen LogP contribution in [0.3, 0.4) is 0 Å². The first-order valence-corrected chi connectivity index (χ1v) is 18.0. The molecule has 0 fully saturated rings. The average Bonchev–Trinajstić information content (AvgIpc) is 3.69. The summed E-state index contributed by atoms with van der Waals surface area (Å²) in [5.74, 6) is 2.47. The molecule has 0 aliphatic carbocycles. The molecule has 51 heavy (non-hydrogen) atoms. The minimum Gasteiger partial charge on any atom is -0.458 e. The molecule has 7 rings (SSSR count). The molecule has 0 atom stereocenters. The van der Waals surface area contributed by atoms with Crippen molar-refractivity contribution < 1.29 is 9.30 Å². The molecule has 3 aromatic heterocycles. The fourth-order valence-corrected chi connectivity index (χ4v) is 6.70. The van der Waals surface area contributed by atoms with Gasteiger partial charge in [-0.2, -0.15) is 0 Å². The fourth-order valence-electron chi connectivity index (χ4n) is 6.70. The van der Waals surface area contributed by atoms with Gasteiger partial charge in [-0.15, -0.1) is 0 Å². The number of nitrogens with zero attached hydrogens (tertiary/aromatic N) is 4. The lowest BCUT2D eigenvalue weighted by Gasteiger charge is -2.26. The van der Waals surface area contributed by atoms with E-state index in [1.54, 1.807) is 0 Å². The van der Waals surface area contributed by atoms with Gasteiger partial charge in [-0.1, -0.05) is 92.6 Å². The minimum absolute atomic E-state index is 0.0206. The van der Waals surface area contributed by atoms with E-state index in [0.717, 1.165) is 50.9 Å². The number of benzene rings is 4. The number of pyridine rings is 1. The van der Waals surface area contributed by atoms with Crippen molar-refractivity contribution in [3.63, 3.8) is 0 Å². The number of imidazole rings is 1. The Morgan fingerprint density at radius 1 is 0.686 bits per heavy atom. The second-order valence-electron chi connectivity index (χ2n) is 17.1. The van der Waals surface area contributed by atoms with Gasteiger partial charge in [0.05, 0.1) is 22.4 Å². The Hall–Kier alpha value is -5.16. The van der Waals surface area contributed by atoms with Crippen molar-refractivity contribution in [1.82, 2.24) is 14.1 Å². The van der Waals surface area contributed by atoms with Crippen LogP contribution in [0.2, 0.25) is 0 Å². The number of aromatic nitrogens is 4. The van der Waals surface area contributed by atoms with Crippen molar-refractivity contribution in [3.8, 4) is 28.7 Å². The van der Waals surface area contributed by atoms with Gasteiger partial charge in [0, 0.05) is 34.9 Å². The molecule has 3 heterocycles. The second-order valence-corrected chi connectivity index (χ2v) is 17.1. The van der Waals surface area contributed by atoms with Crippen LogP contribution in [0.25, 0.3) is 39.0 Å². The summed E-state index contributed by atoms with van der Waals surface area (Å²) in [5, 5.41) is 2.39. The average molecular weight is 675 g/mol. The Morgan fingerprint density at radius 3 is 2.02 bits per heavy atom. The molecule has 0 amide bonds. The molecule has 0 N–H and O–H groups in total. The van der Waals surface area contributed by atoms with Crippen LogP contribution in [-0.2, 0) is 16.2 Å². The smallest absolute Gasteiger partial charge is 0.268 e. The minimum atomic E-state index is 0.0206. The third kappa shape index (κ3) is 6.58. The Labute approximate surface area is 303 Å². The summed E-state index contributed by atoms with van der Waals surface area (Å²) in [6.45, 7) is 24.6. The second kappa shape index (κ2) is 12.3. The van der Waals surface area contributed by atoms with Crippen molar-refractivity contribution in [3.05, 3.63) is 138 Å². The Morgan fingerprint density at radius 2 is 1.37 bits per heavy atom. The first-order chi connectivity index (χ1) is 24.0. The maximum absolute atomic E-state index is 6.69. The van der Waals surface area contributed by atoms with Crippen LogP contribution in [0.4, 0.5) is 0 Å². The van der Waals surface area contributed by atoms with Crippen molar-refractivity contribution in [2.75, 3.05) is 0 Å². The lowest BCUT2D eigenvalue weighted by molar-refractivity contribution is -0.599. The summed E-state index contributed by atoms with van der Waals surface area (Å²) in [7, 11) is 0. The van der Waals surface area contributed by atoms with E-state index < -0.39 is 0 Å². The molecule has 0 aliphatic rings. The molecular weight excluding hydrogens is 625 g/mol. The van der Waals surface area contributed by atoms with Crippen LogP contribution in [-0.4, -0.2) is 14.1 Å². The summed E-state index contributed by atoms with van der Waals surface area (Å²) in [6, 6.07) is 30.5. The molecule has 5 heteroatoms. The van der Waals surface area contributed by atoms with Gasteiger partial charge in [-0.3, -0.25) is 13.7 Å². The zero-order chi connectivity index (χ0) is 36.5. The first-order valence-electron chi connectivity index (χ1n) is 18.0. The van der Waals surface area contributed by atoms with E-state index in [1.165, 1.54) is 27.5 Å². The number of ether oxygens (including phenoxy) is 1. The standard InChI is InChI=1S/C46H50N4O/c1-30-15-20-42(47-28-30)50-40-26-32(44(3,4)5)16-17-38(40)39-18-19-41(31(2)43(39)50)51-37-14-12-13-35(27-37)48-21-22-49(29-48)36-24-33(45(6,7)8)23-34(25-36)46(9,10)11/h12-28H,1-11H3. The predicted octanol–water partition coefficient (Wildman–Crippen LogP) is 11.3. The van der Waals surface area contributed by atoms with Gasteiger partial charge in [0.2, 0.25) is 0 Å². The molecule has 260 valence electrons. The van der Waals surface area contributed by atoms with Crippen LogP contribution in [0.15, 0.2) is 104 Å². The molecule has 0 unspecified atom stereocenters. The van der Waals surface area contributed by atoms with Gasteiger partial charge < -0.3 is 4.74 Å². The first kappa shape index (κ1) is 34.3. The molecule has 5 nitrogen and oxygen atoms in total. The van der Waals surface area contributed by atoms with E-state index in [0.29, 0.717) is 0 Å². The van der Waals surface area contributed by atoms with Crippen LogP contribution in [0.5, 0.6) is 11.5 Å². The number of rotatable bonds is 5. The fraction of sp³-hybridized carbons (Fsp3) is 0.304. The van der Waals surface area contributed by atoms with Crippen LogP contribution in [0, 0.1) is 20.2 Å². The largest absolute Gasteiger partial charge is 0.458 e. The summed E-state index contributed by atoms with van der Waals surface area (Å²) in [4.78, 5) is 4.88. The molecular formula is C46H50N4O. The highest BCUT2D eigenvalue weighted by Gasteiger charge is 2.23. The third-order valence-corrected chi connectivity index (χ3v) is 9.96. The lowest BCUT2D eigenvalue weighted by Crippen LogP contribution is -2.30. The quantitative estimate of drug-likeness (QED) is 0.135. The van der Waals surface area contributed by atoms with Crippen LogP contribution >= 0.6 is 0 Å². The Balaban J connectivity index is 1.27. The van der Waals surface area contributed by atoms with Crippen molar-refractivity contribution in [2.45, 2.75) is 92.4 Å². The third-order valence-electron chi connectivity index (χ3n) is 9.96. The van der Waals surface area contributed by atoms with Gasteiger partial charge >= 0.3 is 0 Å². The van der Waals surface area contributed by atoms with Crippen molar-refractivity contribution in [1.29, 1.82) is 0 Å². The predicted molar refractivity (Wildman–Crippen MR) is 210 cm³/mol. The lowest BCUT2D eigenvalue weighted by atomic mass is 9.80. The van der Waals surface area contributed by atoms with Gasteiger partial charge in [-0.05, 0) is 107 Å². The maximum Gasteiger partial charge on any atom is 0.268 e. The summed E-state index contributed by atoms with van der Waals surface area (Å²) in [6.07, 6.45) is 9.62. The molecule has 7 aromatic rings. The Kier molecular flexibility index (Phi) is 8.24. The monoisotopic (exact) mass is 674 g/mol. The molecule has 0 saturated carbocycles. The summed E-state index contributed by atoms with van der Waals surface area (Å²) in [5.41, 5.74) is 10.5. The van der Waals surface area contributed by atoms with Crippen LogP contribution in [0.1, 0.15) is 90.1 Å². The van der Waals surface area contributed by atoms with Gasteiger partial charge in [0.1, 0.15) is 17.3 Å². The maximum atomic E-state index is 6.69. The zero-order valence-electron chi connectivity index (χ0n) is 32.0. The summed E-state index contributed by atoms with van der Waals surface area (Å²) >= 11 is 0. The normalized spacial score (nSPS) is 12.6. The highest BCUT2D eigenvalue weighted by Crippen LogP contribution is 2.40. The molecule has 4 aromatic carbocycles. The van der Waals surface area contributed by atoms with Gasteiger partial charge in [0.25, 0.3) is 6.33 Å². The van der Waals surface area contributed by atoms with Crippen molar-refractivity contribution in [2.24, 2.45) is 0 Å². The molecule has 0 spiro atoms. The highest BCUT2D eigenvalue weighted by molar-refractivity contribution is 6.11. The summed E-state index contributed by atoms with van der Waals surface area (Å²) < 4.78 is 13.1. The van der Waals surface area contributed by atoms with E-state index >= 15 is 0 Å². The van der Waals surface area contributed by atoms with Gasteiger partial charge in [-0.25, -0.2) is 4.98 Å². The topological polar surface area (TPSA) is 35.9 Å². The van der Waals surface area contributed by atoms with E-state index in [1.807, 2.05) is 22.9 Å². The van der Waals surface area contributed by atoms with E-state index in [-0.39, 0.29) is 16.2 Å². The van der Waals surface area contributed by atoms with Crippen LogP contribution < -0.4 is 9.30 Å². The molecule has 0 aliphatic heterocycles.